The average Bonchev–Trinajstić information content (AvgIpc) is 2.72. The molecule has 0 spiro atoms. The SMILES string of the molecule is COC1c2ccccc2CCC1CCN1CCC(c2ccccc2)CC1.Cl. The molecule has 27 heavy (non-hydrogen) atoms. The zero-order valence-electron chi connectivity index (χ0n) is 16.3. The number of piperidine rings is 1. The fourth-order valence-electron chi connectivity index (χ4n) is 4.96. The topological polar surface area (TPSA) is 12.5 Å². The molecule has 0 N–H and O–H groups in total. The Hall–Kier alpha value is -1.35. The Labute approximate surface area is 170 Å². The number of halogens is 1. The lowest BCUT2D eigenvalue weighted by atomic mass is 9.79. The third kappa shape index (κ3) is 4.74. The molecule has 2 aromatic carbocycles. The maximum absolute atomic E-state index is 5.93. The summed E-state index contributed by atoms with van der Waals surface area (Å²) in [6.45, 7) is 3.69. The Kier molecular flexibility index (Phi) is 7.34. The molecule has 0 amide bonds. The predicted molar refractivity (Wildman–Crippen MR) is 115 cm³/mol. The monoisotopic (exact) mass is 385 g/mol. The number of aryl methyl sites for hydroxylation is 1. The Morgan fingerprint density at radius 2 is 1.63 bits per heavy atom. The molecule has 0 radical (unpaired) electrons. The molecule has 0 aromatic heterocycles. The summed E-state index contributed by atoms with van der Waals surface area (Å²) < 4.78 is 5.93. The molecule has 0 bridgehead atoms. The van der Waals surface area contributed by atoms with Gasteiger partial charge in [-0.3, -0.25) is 0 Å². The van der Waals surface area contributed by atoms with Gasteiger partial charge in [-0.05, 0) is 80.3 Å². The number of fused-ring (bicyclic) bond motifs is 1. The Morgan fingerprint density at radius 1 is 0.926 bits per heavy atom. The highest BCUT2D eigenvalue weighted by Crippen LogP contribution is 2.38. The molecule has 2 unspecified atom stereocenters. The van der Waals surface area contributed by atoms with Crippen molar-refractivity contribution in [1.29, 1.82) is 0 Å². The molecule has 1 saturated heterocycles. The summed E-state index contributed by atoms with van der Waals surface area (Å²) in [5, 5.41) is 0. The Balaban J connectivity index is 0.00000210. The van der Waals surface area contributed by atoms with Gasteiger partial charge >= 0.3 is 0 Å². The van der Waals surface area contributed by atoms with E-state index in [-0.39, 0.29) is 18.5 Å². The van der Waals surface area contributed by atoms with Crippen LogP contribution in [0.1, 0.15) is 54.4 Å². The highest BCUT2D eigenvalue weighted by Gasteiger charge is 2.30. The van der Waals surface area contributed by atoms with Crippen LogP contribution in [-0.4, -0.2) is 31.6 Å². The molecule has 1 aliphatic heterocycles. The molecule has 0 saturated carbocycles. The fraction of sp³-hybridized carbons (Fsp3) is 0.500. The van der Waals surface area contributed by atoms with Crippen LogP contribution in [0, 0.1) is 5.92 Å². The van der Waals surface area contributed by atoms with Crippen molar-refractivity contribution in [3.63, 3.8) is 0 Å². The summed E-state index contributed by atoms with van der Waals surface area (Å²) in [5.74, 6) is 1.41. The van der Waals surface area contributed by atoms with Crippen LogP contribution in [0.2, 0.25) is 0 Å². The zero-order valence-corrected chi connectivity index (χ0v) is 17.2. The second-order valence-electron chi connectivity index (χ2n) is 7.97. The molecule has 1 heterocycles. The van der Waals surface area contributed by atoms with Crippen LogP contribution in [0.5, 0.6) is 0 Å². The summed E-state index contributed by atoms with van der Waals surface area (Å²) in [4.78, 5) is 2.67. The quantitative estimate of drug-likeness (QED) is 0.661. The van der Waals surface area contributed by atoms with E-state index in [1.807, 2.05) is 7.11 Å². The van der Waals surface area contributed by atoms with Crippen molar-refractivity contribution in [2.24, 2.45) is 5.92 Å². The number of benzene rings is 2. The van der Waals surface area contributed by atoms with Crippen molar-refractivity contribution < 1.29 is 4.74 Å². The number of methoxy groups -OCH3 is 1. The predicted octanol–water partition coefficient (Wildman–Crippen LogP) is 5.63. The molecule has 1 fully saturated rings. The van der Waals surface area contributed by atoms with Crippen molar-refractivity contribution in [2.75, 3.05) is 26.7 Å². The van der Waals surface area contributed by atoms with Crippen LogP contribution in [0.25, 0.3) is 0 Å². The maximum Gasteiger partial charge on any atom is 0.0852 e. The molecule has 4 rings (SSSR count). The number of rotatable bonds is 5. The van der Waals surface area contributed by atoms with Crippen LogP contribution in [0.3, 0.4) is 0 Å². The summed E-state index contributed by atoms with van der Waals surface area (Å²) in [5.41, 5.74) is 4.43. The van der Waals surface area contributed by atoms with Gasteiger partial charge in [-0.2, -0.15) is 0 Å². The molecule has 2 aliphatic rings. The fourth-order valence-corrected chi connectivity index (χ4v) is 4.96. The van der Waals surface area contributed by atoms with Gasteiger partial charge in [0.1, 0.15) is 0 Å². The Morgan fingerprint density at radius 3 is 2.37 bits per heavy atom. The van der Waals surface area contributed by atoms with Gasteiger partial charge < -0.3 is 9.64 Å². The molecular weight excluding hydrogens is 354 g/mol. The number of nitrogens with zero attached hydrogens (tertiary/aromatic N) is 1. The highest BCUT2D eigenvalue weighted by molar-refractivity contribution is 5.85. The number of hydrogen-bond donors (Lipinski definition) is 0. The van der Waals surface area contributed by atoms with E-state index in [9.17, 15) is 0 Å². The van der Waals surface area contributed by atoms with Crippen LogP contribution in [0.15, 0.2) is 54.6 Å². The minimum atomic E-state index is 0. The van der Waals surface area contributed by atoms with E-state index in [1.165, 1.54) is 68.4 Å². The molecule has 2 aromatic rings. The first-order valence-corrected chi connectivity index (χ1v) is 10.2. The molecule has 3 heteroatoms. The third-order valence-electron chi connectivity index (χ3n) is 6.50. The smallest absolute Gasteiger partial charge is 0.0852 e. The molecular formula is C24H32ClNO. The summed E-state index contributed by atoms with van der Waals surface area (Å²) >= 11 is 0. The van der Waals surface area contributed by atoms with E-state index >= 15 is 0 Å². The average molecular weight is 386 g/mol. The first-order valence-electron chi connectivity index (χ1n) is 10.2. The first-order chi connectivity index (χ1) is 12.8. The van der Waals surface area contributed by atoms with Gasteiger partial charge in [0.25, 0.3) is 0 Å². The summed E-state index contributed by atoms with van der Waals surface area (Å²) in [6, 6.07) is 19.9. The van der Waals surface area contributed by atoms with Crippen molar-refractivity contribution in [2.45, 2.75) is 44.1 Å². The minimum absolute atomic E-state index is 0. The van der Waals surface area contributed by atoms with E-state index in [2.05, 4.69) is 59.5 Å². The molecule has 146 valence electrons. The molecule has 1 aliphatic carbocycles. The van der Waals surface area contributed by atoms with Crippen LogP contribution in [-0.2, 0) is 11.2 Å². The number of likely N-dealkylation sites (tertiary alicyclic amines) is 1. The summed E-state index contributed by atoms with van der Waals surface area (Å²) in [7, 11) is 1.88. The van der Waals surface area contributed by atoms with Gasteiger partial charge in [-0.25, -0.2) is 0 Å². The van der Waals surface area contributed by atoms with E-state index in [1.54, 1.807) is 0 Å². The van der Waals surface area contributed by atoms with Gasteiger partial charge in [0.15, 0.2) is 0 Å². The van der Waals surface area contributed by atoms with Gasteiger partial charge in [-0.15, -0.1) is 12.4 Å². The van der Waals surface area contributed by atoms with Crippen LogP contribution in [0.4, 0.5) is 0 Å². The summed E-state index contributed by atoms with van der Waals surface area (Å²) in [6.07, 6.45) is 6.59. The van der Waals surface area contributed by atoms with Crippen molar-refractivity contribution in [1.82, 2.24) is 4.90 Å². The van der Waals surface area contributed by atoms with E-state index < -0.39 is 0 Å². The normalized spacial score (nSPS) is 23.4. The lowest BCUT2D eigenvalue weighted by molar-refractivity contribution is 0.0312. The van der Waals surface area contributed by atoms with Crippen molar-refractivity contribution in [3.05, 3.63) is 71.3 Å². The Bertz CT molecular complexity index is 697. The highest BCUT2D eigenvalue weighted by atomic mass is 35.5. The molecule has 2 nitrogen and oxygen atoms in total. The largest absolute Gasteiger partial charge is 0.376 e. The van der Waals surface area contributed by atoms with E-state index in [0.717, 1.165) is 5.92 Å². The van der Waals surface area contributed by atoms with Crippen molar-refractivity contribution >= 4 is 12.4 Å². The second kappa shape index (κ2) is 9.73. The van der Waals surface area contributed by atoms with Gasteiger partial charge in [0.05, 0.1) is 6.10 Å². The van der Waals surface area contributed by atoms with E-state index in [0.29, 0.717) is 5.92 Å². The van der Waals surface area contributed by atoms with Crippen LogP contribution >= 0.6 is 12.4 Å². The lowest BCUT2D eigenvalue weighted by Crippen LogP contribution is -2.35. The third-order valence-corrected chi connectivity index (χ3v) is 6.50. The molecule has 2 atom stereocenters. The zero-order chi connectivity index (χ0) is 17.8. The van der Waals surface area contributed by atoms with Gasteiger partial charge in [0, 0.05) is 7.11 Å². The standard InChI is InChI=1S/C24H31NO.ClH/c1-26-24-22(12-11-21-9-5-6-10-23(21)24)15-18-25-16-13-20(14-17-25)19-7-3-2-4-8-19;/h2-10,20,22,24H,11-18H2,1H3;1H. The van der Waals surface area contributed by atoms with Crippen LogP contribution < -0.4 is 0 Å². The number of hydrogen-bond acceptors (Lipinski definition) is 2. The van der Waals surface area contributed by atoms with Crippen molar-refractivity contribution in [3.8, 4) is 0 Å². The number of ether oxygens (including phenoxy) is 1. The van der Waals surface area contributed by atoms with Gasteiger partial charge in [0.2, 0.25) is 0 Å². The lowest BCUT2D eigenvalue weighted by Gasteiger charge is -2.36. The van der Waals surface area contributed by atoms with Gasteiger partial charge in [-0.1, -0.05) is 54.6 Å². The maximum atomic E-state index is 5.93. The second-order valence-corrected chi connectivity index (χ2v) is 7.97. The van der Waals surface area contributed by atoms with E-state index in [4.69, 9.17) is 4.74 Å². The first kappa shape index (κ1) is 20.4. The minimum Gasteiger partial charge on any atom is -0.376 e.